The molecule has 102 valence electrons. The van der Waals surface area contributed by atoms with Gasteiger partial charge in [-0.25, -0.2) is 4.98 Å². The summed E-state index contributed by atoms with van der Waals surface area (Å²) in [6.07, 6.45) is 9.55. The highest BCUT2D eigenvalue weighted by molar-refractivity contribution is 4.82. The van der Waals surface area contributed by atoms with E-state index in [0.717, 1.165) is 13.1 Å². The molecule has 1 N–H and O–H groups in total. The Morgan fingerprint density at radius 2 is 2.28 bits per heavy atom. The molecule has 1 aliphatic heterocycles. The average molecular weight is 250 g/mol. The lowest BCUT2D eigenvalue weighted by Gasteiger charge is -2.20. The zero-order valence-electron chi connectivity index (χ0n) is 11.7. The molecule has 0 spiro atoms. The van der Waals surface area contributed by atoms with Crippen molar-refractivity contribution in [2.75, 3.05) is 19.6 Å². The summed E-state index contributed by atoms with van der Waals surface area (Å²) in [5.41, 5.74) is 0. The lowest BCUT2D eigenvalue weighted by molar-refractivity contribution is 0.268. The van der Waals surface area contributed by atoms with Crippen LogP contribution in [0.15, 0.2) is 18.7 Å². The van der Waals surface area contributed by atoms with Gasteiger partial charge in [-0.2, -0.15) is 0 Å². The van der Waals surface area contributed by atoms with Crippen LogP contribution in [0.5, 0.6) is 0 Å². The van der Waals surface area contributed by atoms with E-state index in [1.165, 1.54) is 32.4 Å². The summed E-state index contributed by atoms with van der Waals surface area (Å²) in [6.45, 7) is 9.28. The zero-order valence-corrected chi connectivity index (χ0v) is 11.7. The number of hydrogen-bond acceptors (Lipinski definition) is 3. The van der Waals surface area contributed by atoms with Gasteiger partial charge in [-0.15, -0.1) is 0 Å². The minimum Gasteiger partial charge on any atom is -0.337 e. The first-order chi connectivity index (χ1) is 8.75. The molecule has 2 heterocycles. The van der Waals surface area contributed by atoms with Gasteiger partial charge in [-0.3, -0.25) is 4.90 Å². The molecule has 1 saturated heterocycles. The van der Waals surface area contributed by atoms with Crippen molar-refractivity contribution in [3.05, 3.63) is 18.7 Å². The van der Waals surface area contributed by atoms with Crippen molar-refractivity contribution < 1.29 is 0 Å². The minimum absolute atomic E-state index is 0.693. The summed E-state index contributed by atoms with van der Waals surface area (Å²) < 4.78 is 2.15. The van der Waals surface area contributed by atoms with E-state index in [-0.39, 0.29) is 0 Å². The number of likely N-dealkylation sites (tertiary alicyclic amines) is 1. The molecule has 1 aromatic heterocycles. The molecule has 0 amide bonds. The third kappa shape index (κ3) is 4.10. The van der Waals surface area contributed by atoms with Crippen LogP contribution in [-0.2, 0) is 6.54 Å². The molecule has 0 radical (unpaired) electrons. The van der Waals surface area contributed by atoms with Gasteiger partial charge in [0, 0.05) is 37.6 Å². The highest BCUT2D eigenvalue weighted by Crippen LogP contribution is 2.12. The predicted molar refractivity (Wildman–Crippen MR) is 74.6 cm³/mol. The summed E-state index contributed by atoms with van der Waals surface area (Å²) in [7, 11) is 0. The van der Waals surface area contributed by atoms with E-state index < -0.39 is 0 Å². The second-order valence-corrected chi connectivity index (χ2v) is 5.54. The third-order valence-corrected chi connectivity index (χ3v) is 3.79. The molecule has 4 nitrogen and oxygen atoms in total. The second-order valence-electron chi connectivity index (χ2n) is 5.54. The predicted octanol–water partition coefficient (Wildman–Crippen LogP) is 1.74. The van der Waals surface area contributed by atoms with Crippen molar-refractivity contribution in [2.45, 2.75) is 51.7 Å². The molecular formula is C14H26N4. The Morgan fingerprint density at radius 3 is 2.94 bits per heavy atom. The zero-order chi connectivity index (χ0) is 12.8. The summed E-state index contributed by atoms with van der Waals surface area (Å²) in [6, 6.07) is 1.40. The molecule has 18 heavy (non-hydrogen) atoms. The molecule has 1 aliphatic rings. The van der Waals surface area contributed by atoms with Crippen LogP contribution in [0.4, 0.5) is 0 Å². The first-order valence-corrected chi connectivity index (χ1v) is 7.19. The van der Waals surface area contributed by atoms with Gasteiger partial charge in [0.25, 0.3) is 0 Å². The lowest BCUT2D eigenvalue weighted by Crippen LogP contribution is -2.35. The molecular weight excluding hydrogens is 224 g/mol. The van der Waals surface area contributed by atoms with Crippen molar-refractivity contribution in [1.82, 2.24) is 19.8 Å². The number of rotatable bonds is 7. The number of hydrogen-bond donors (Lipinski definition) is 1. The molecule has 0 aromatic carbocycles. The Hall–Kier alpha value is -0.870. The van der Waals surface area contributed by atoms with Crippen LogP contribution in [0.3, 0.4) is 0 Å². The first-order valence-electron chi connectivity index (χ1n) is 7.19. The van der Waals surface area contributed by atoms with Crippen molar-refractivity contribution >= 4 is 0 Å². The fraction of sp³-hybridized carbons (Fsp3) is 0.786. The van der Waals surface area contributed by atoms with Crippen molar-refractivity contribution in [3.63, 3.8) is 0 Å². The van der Waals surface area contributed by atoms with E-state index in [9.17, 15) is 0 Å². The summed E-state index contributed by atoms with van der Waals surface area (Å²) in [5.74, 6) is 0. The Balaban J connectivity index is 1.51. The van der Waals surface area contributed by atoms with Crippen LogP contribution in [0.25, 0.3) is 0 Å². The second kappa shape index (κ2) is 6.90. The molecule has 1 aromatic rings. The highest BCUT2D eigenvalue weighted by Gasteiger charge is 2.23. The molecule has 0 aliphatic carbocycles. The fourth-order valence-electron chi connectivity index (χ4n) is 2.57. The van der Waals surface area contributed by atoms with Gasteiger partial charge in [0.2, 0.25) is 0 Å². The molecule has 0 saturated carbocycles. The van der Waals surface area contributed by atoms with Gasteiger partial charge in [-0.05, 0) is 46.2 Å². The molecule has 0 bridgehead atoms. The van der Waals surface area contributed by atoms with Gasteiger partial charge in [-0.1, -0.05) is 0 Å². The fourth-order valence-corrected chi connectivity index (χ4v) is 2.57. The quantitative estimate of drug-likeness (QED) is 0.748. The maximum atomic E-state index is 4.05. The molecule has 1 unspecified atom stereocenters. The van der Waals surface area contributed by atoms with Crippen LogP contribution >= 0.6 is 0 Å². The normalized spacial score (nSPS) is 20.9. The number of unbranched alkanes of at least 4 members (excludes halogenated alkanes) is 1. The van der Waals surface area contributed by atoms with E-state index in [2.05, 4.69) is 33.6 Å². The Labute approximate surface area is 110 Å². The van der Waals surface area contributed by atoms with Gasteiger partial charge in [0.15, 0.2) is 0 Å². The van der Waals surface area contributed by atoms with Crippen LogP contribution in [0.1, 0.15) is 33.1 Å². The average Bonchev–Trinajstić information content (AvgIpc) is 2.98. The van der Waals surface area contributed by atoms with E-state index in [1.54, 1.807) is 0 Å². The minimum atomic E-state index is 0.693. The molecule has 4 heteroatoms. The van der Waals surface area contributed by atoms with Crippen LogP contribution < -0.4 is 5.32 Å². The van der Waals surface area contributed by atoms with Crippen molar-refractivity contribution in [3.8, 4) is 0 Å². The number of nitrogens with one attached hydrogen (secondary N) is 1. The van der Waals surface area contributed by atoms with Crippen molar-refractivity contribution in [1.29, 1.82) is 0 Å². The first kappa shape index (κ1) is 13.6. The topological polar surface area (TPSA) is 33.1 Å². The number of nitrogens with zero attached hydrogens (tertiary/aromatic N) is 3. The number of imidazole rings is 1. The van der Waals surface area contributed by atoms with Gasteiger partial charge in [0.1, 0.15) is 0 Å². The smallest absolute Gasteiger partial charge is 0.0945 e. The van der Waals surface area contributed by atoms with E-state index >= 15 is 0 Å². The maximum absolute atomic E-state index is 4.05. The maximum Gasteiger partial charge on any atom is 0.0945 e. The lowest BCUT2D eigenvalue weighted by atomic mass is 10.2. The summed E-state index contributed by atoms with van der Waals surface area (Å²) in [5, 5.41) is 3.68. The van der Waals surface area contributed by atoms with Crippen LogP contribution in [-0.4, -0.2) is 46.2 Å². The van der Waals surface area contributed by atoms with Gasteiger partial charge in [0.05, 0.1) is 6.33 Å². The number of aromatic nitrogens is 2. The monoisotopic (exact) mass is 250 g/mol. The standard InChI is InChI=1S/C14H26N4/c1-13(2)18-9-5-14(11-18)16-6-3-4-8-17-10-7-15-12-17/h7,10,12-14,16H,3-6,8-9,11H2,1-2H3. The molecule has 2 rings (SSSR count). The molecule has 1 fully saturated rings. The summed E-state index contributed by atoms with van der Waals surface area (Å²) in [4.78, 5) is 6.61. The Morgan fingerprint density at radius 1 is 1.39 bits per heavy atom. The van der Waals surface area contributed by atoms with Gasteiger partial charge < -0.3 is 9.88 Å². The van der Waals surface area contributed by atoms with Crippen LogP contribution in [0.2, 0.25) is 0 Å². The van der Waals surface area contributed by atoms with E-state index in [1.807, 2.05) is 18.7 Å². The summed E-state index contributed by atoms with van der Waals surface area (Å²) >= 11 is 0. The number of aryl methyl sites for hydroxylation is 1. The Bertz CT molecular complexity index is 321. The molecule has 1 atom stereocenters. The Kier molecular flexibility index (Phi) is 5.20. The third-order valence-electron chi connectivity index (χ3n) is 3.79. The van der Waals surface area contributed by atoms with Gasteiger partial charge >= 0.3 is 0 Å². The van der Waals surface area contributed by atoms with E-state index in [4.69, 9.17) is 0 Å². The van der Waals surface area contributed by atoms with Crippen LogP contribution in [0, 0.1) is 0 Å². The highest BCUT2D eigenvalue weighted by atomic mass is 15.2. The van der Waals surface area contributed by atoms with Crippen molar-refractivity contribution in [2.24, 2.45) is 0 Å². The van der Waals surface area contributed by atoms with E-state index in [0.29, 0.717) is 12.1 Å². The largest absolute Gasteiger partial charge is 0.337 e. The SMILES string of the molecule is CC(C)N1CCC(NCCCCn2ccnc2)C1.